The highest BCUT2D eigenvalue weighted by atomic mass is 19.1. The number of anilines is 1. The van der Waals surface area contributed by atoms with Crippen molar-refractivity contribution >= 4 is 5.69 Å². The minimum Gasteiger partial charge on any atom is -0.380 e. The SMILES string of the molecule is Cc1cccc(F)c1NC1CCCCCCCCCCC1. The van der Waals surface area contributed by atoms with Gasteiger partial charge >= 0.3 is 0 Å². The van der Waals surface area contributed by atoms with E-state index in [1.807, 2.05) is 13.0 Å². The zero-order valence-electron chi connectivity index (χ0n) is 13.5. The Kier molecular flexibility index (Phi) is 7.05. The lowest BCUT2D eigenvalue weighted by atomic mass is 9.97. The van der Waals surface area contributed by atoms with E-state index in [-0.39, 0.29) is 5.82 Å². The molecule has 1 aromatic carbocycles. The van der Waals surface area contributed by atoms with Gasteiger partial charge in [0.15, 0.2) is 0 Å². The van der Waals surface area contributed by atoms with Crippen LogP contribution < -0.4 is 5.32 Å². The topological polar surface area (TPSA) is 12.0 Å². The molecular formula is C19H30FN. The number of hydrogen-bond donors (Lipinski definition) is 1. The van der Waals surface area contributed by atoms with Crippen molar-refractivity contribution in [2.75, 3.05) is 5.32 Å². The van der Waals surface area contributed by atoms with Gasteiger partial charge in [-0.05, 0) is 31.4 Å². The van der Waals surface area contributed by atoms with E-state index >= 15 is 0 Å². The molecule has 0 bridgehead atoms. The van der Waals surface area contributed by atoms with Gasteiger partial charge in [-0.15, -0.1) is 0 Å². The van der Waals surface area contributed by atoms with Gasteiger partial charge < -0.3 is 5.32 Å². The number of benzene rings is 1. The van der Waals surface area contributed by atoms with Gasteiger partial charge in [-0.2, -0.15) is 0 Å². The molecule has 1 saturated carbocycles. The Morgan fingerprint density at radius 2 is 1.38 bits per heavy atom. The second kappa shape index (κ2) is 9.07. The average molecular weight is 291 g/mol. The maximum Gasteiger partial charge on any atom is 0.146 e. The fourth-order valence-electron chi connectivity index (χ4n) is 3.33. The van der Waals surface area contributed by atoms with Crippen molar-refractivity contribution in [3.8, 4) is 0 Å². The van der Waals surface area contributed by atoms with E-state index in [4.69, 9.17) is 0 Å². The highest BCUT2D eigenvalue weighted by Gasteiger charge is 2.13. The van der Waals surface area contributed by atoms with Gasteiger partial charge in [0, 0.05) is 6.04 Å². The van der Waals surface area contributed by atoms with Crippen LogP contribution in [0.25, 0.3) is 0 Å². The van der Waals surface area contributed by atoms with Crippen LogP contribution in [0.1, 0.15) is 76.2 Å². The predicted molar refractivity (Wildman–Crippen MR) is 89.3 cm³/mol. The maximum atomic E-state index is 14.0. The van der Waals surface area contributed by atoms with Crippen molar-refractivity contribution in [3.63, 3.8) is 0 Å². The number of hydrogen-bond acceptors (Lipinski definition) is 1. The normalized spacial score (nSPS) is 19.5. The molecule has 0 atom stereocenters. The lowest BCUT2D eigenvalue weighted by Gasteiger charge is -2.22. The number of rotatable bonds is 2. The molecule has 0 heterocycles. The first-order valence-corrected chi connectivity index (χ1v) is 8.79. The lowest BCUT2D eigenvalue weighted by Crippen LogP contribution is -2.21. The average Bonchev–Trinajstić information content (AvgIpc) is 2.45. The van der Waals surface area contributed by atoms with Crippen LogP contribution in [0, 0.1) is 12.7 Å². The summed E-state index contributed by atoms with van der Waals surface area (Å²) in [5.74, 6) is -0.110. The third-order valence-electron chi connectivity index (χ3n) is 4.68. The maximum absolute atomic E-state index is 14.0. The van der Waals surface area contributed by atoms with E-state index in [0.717, 1.165) is 11.3 Å². The molecule has 1 aliphatic carbocycles. The predicted octanol–water partition coefficient (Wildman–Crippen LogP) is 6.22. The van der Waals surface area contributed by atoms with Crippen LogP contribution in [0.4, 0.5) is 10.1 Å². The number of para-hydroxylation sites is 1. The first-order chi connectivity index (χ1) is 10.3. The number of aryl methyl sites for hydroxylation is 1. The summed E-state index contributed by atoms with van der Waals surface area (Å²) in [6, 6.07) is 5.77. The van der Waals surface area contributed by atoms with Crippen molar-refractivity contribution in [1.29, 1.82) is 0 Å². The molecule has 1 N–H and O–H groups in total. The molecule has 0 amide bonds. The third-order valence-corrected chi connectivity index (χ3v) is 4.68. The van der Waals surface area contributed by atoms with E-state index < -0.39 is 0 Å². The molecule has 0 unspecified atom stereocenters. The summed E-state index contributed by atoms with van der Waals surface area (Å²) >= 11 is 0. The molecule has 0 spiro atoms. The van der Waals surface area contributed by atoms with Crippen molar-refractivity contribution in [2.45, 2.75) is 83.6 Å². The minimum atomic E-state index is -0.110. The van der Waals surface area contributed by atoms with Crippen LogP contribution in [-0.2, 0) is 0 Å². The molecule has 21 heavy (non-hydrogen) atoms. The minimum absolute atomic E-state index is 0.110. The van der Waals surface area contributed by atoms with Gasteiger partial charge in [0.1, 0.15) is 5.82 Å². The summed E-state index contributed by atoms with van der Waals surface area (Å²) in [6.07, 6.45) is 14.5. The first kappa shape index (κ1) is 16.3. The van der Waals surface area contributed by atoms with Crippen molar-refractivity contribution in [2.24, 2.45) is 0 Å². The standard InChI is InChI=1S/C19H30FN/c1-16-12-11-15-18(20)19(16)21-17-13-9-7-5-3-2-4-6-8-10-14-17/h11-12,15,17,21H,2-10,13-14H2,1H3. The summed E-state index contributed by atoms with van der Waals surface area (Å²) in [7, 11) is 0. The lowest BCUT2D eigenvalue weighted by molar-refractivity contribution is 0.478. The van der Waals surface area contributed by atoms with Crippen molar-refractivity contribution in [3.05, 3.63) is 29.6 Å². The molecule has 0 aromatic heterocycles. The Bertz CT molecular complexity index is 384. The Hall–Kier alpha value is -1.05. The molecule has 1 aliphatic rings. The Morgan fingerprint density at radius 3 is 1.90 bits per heavy atom. The molecule has 0 aliphatic heterocycles. The molecule has 0 radical (unpaired) electrons. The molecule has 2 heteroatoms. The Balaban J connectivity index is 1.94. The zero-order chi connectivity index (χ0) is 14.9. The molecule has 1 fully saturated rings. The van der Waals surface area contributed by atoms with E-state index in [1.165, 1.54) is 70.6 Å². The molecule has 1 nitrogen and oxygen atoms in total. The molecule has 2 rings (SSSR count). The van der Waals surface area contributed by atoms with E-state index in [2.05, 4.69) is 5.32 Å². The van der Waals surface area contributed by atoms with Gasteiger partial charge in [-0.3, -0.25) is 0 Å². The fourth-order valence-corrected chi connectivity index (χ4v) is 3.33. The zero-order valence-corrected chi connectivity index (χ0v) is 13.5. The van der Waals surface area contributed by atoms with Crippen LogP contribution in [0.3, 0.4) is 0 Å². The Morgan fingerprint density at radius 1 is 0.857 bits per heavy atom. The summed E-state index contributed by atoms with van der Waals surface area (Å²) in [5, 5.41) is 3.49. The van der Waals surface area contributed by atoms with Crippen LogP contribution in [-0.4, -0.2) is 6.04 Å². The van der Waals surface area contributed by atoms with E-state index in [0.29, 0.717) is 6.04 Å². The summed E-state index contributed by atoms with van der Waals surface area (Å²) in [4.78, 5) is 0. The highest BCUT2D eigenvalue weighted by Crippen LogP contribution is 2.24. The van der Waals surface area contributed by atoms with E-state index in [1.54, 1.807) is 12.1 Å². The van der Waals surface area contributed by atoms with Crippen molar-refractivity contribution < 1.29 is 4.39 Å². The number of nitrogens with one attached hydrogen (secondary N) is 1. The van der Waals surface area contributed by atoms with Gasteiger partial charge in [0.25, 0.3) is 0 Å². The van der Waals surface area contributed by atoms with Crippen LogP contribution in [0.15, 0.2) is 18.2 Å². The summed E-state index contributed by atoms with van der Waals surface area (Å²) < 4.78 is 14.0. The third kappa shape index (κ3) is 5.68. The van der Waals surface area contributed by atoms with Crippen molar-refractivity contribution in [1.82, 2.24) is 0 Å². The molecule has 118 valence electrons. The second-order valence-electron chi connectivity index (χ2n) is 6.53. The monoisotopic (exact) mass is 291 g/mol. The van der Waals surface area contributed by atoms with Gasteiger partial charge in [-0.1, -0.05) is 69.9 Å². The highest BCUT2D eigenvalue weighted by molar-refractivity contribution is 5.52. The van der Waals surface area contributed by atoms with Gasteiger partial charge in [0.2, 0.25) is 0 Å². The largest absolute Gasteiger partial charge is 0.380 e. The second-order valence-corrected chi connectivity index (χ2v) is 6.53. The van der Waals surface area contributed by atoms with E-state index in [9.17, 15) is 4.39 Å². The quantitative estimate of drug-likeness (QED) is 0.682. The molecule has 0 saturated heterocycles. The summed E-state index contributed by atoms with van der Waals surface area (Å²) in [6.45, 7) is 1.99. The number of halogens is 1. The van der Waals surface area contributed by atoms with Gasteiger partial charge in [-0.25, -0.2) is 4.39 Å². The van der Waals surface area contributed by atoms with Crippen LogP contribution >= 0.6 is 0 Å². The van der Waals surface area contributed by atoms with Crippen LogP contribution in [0.2, 0.25) is 0 Å². The summed E-state index contributed by atoms with van der Waals surface area (Å²) in [5.41, 5.74) is 1.73. The Labute approximate surface area is 129 Å². The molecular weight excluding hydrogens is 261 g/mol. The fraction of sp³-hybridized carbons (Fsp3) is 0.684. The first-order valence-electron chi connectivity index (χ1n) is 8.79. The van der Waals surface area contributed by atoms with Gasteiger partial charge in [0.05, 0.1) is 5.69 Å². The smallest absolute Gasteiger partial charge is 0.146 e. The molecule has 1 aromatic rings. The van der Waals surface area contributed by atoms with Crippen LogP contribution in [0.5, 0.6) is 0 Å².